The maximum Gasteiger partial charge on any atom is 0.258 e. The maximum absolute atomic E-state index is 12.2. The number of hydrogen-bond donors (Lipinski definition) is 1. The third-order valence-corrected chi connectivity index (χ3v) is 4.02. The average Bonchev–Trinajstić information content (AvgIpc) is 2.66. The maximum atomic E-state index is 12.2. The van der Waals surface area contributed by atoms with Crippen molar-refractivity contribution in [1.82, 2.24) is 10.2 Å². The van der Waals surface area contributed by atoms with E-state index in [4.69, 9.17) is 9.47 Å². The molecular formula is C20H24N2O4. The van der Waals surface area contributed by atoms with E-state index in [-0.39, 0.29) is 18.6 Å². The van der Waals surface area contributed by atoms with Crippen LogP contribution in [0, 0.1) is 0 Å². The van der Waals surface area contributed by atoms with Gasteiger partial charge in [-0.25, -0.2) is 0 Å². The lowest BCUT2D eigenvalue weighted by Gasteiger charge is -2.26. The molecule has 6 nitrogen and oxygen atoms in total. The van der Waals surface area contributed by atoms with Crippen molar-refractivity contribution < 1.29 is 19.1 Å². The van der Waals surface area contributed by atoms with Gasteiger partial charge in [-0.2, -0.15) is 0 Å². The van der Waals surface area contributed by atoms with Crippen molar-refractivity contribution in [3.8, 4) is 11.5 Å². The highest BCUT2D eigenvalue weighted by Crippen LogP contribution is 2.27. The number of aldehydes is 1. The zero-order valence-electron chi connectivity index (χ0n) is 15.3. The summed E-state index contributed by atoms with van der Waals surface area (Å²) in [7, 11) is 5.52. The lowest BCUT2D eigenvalue weighted by molar-refractivity contribution is -0.123. The first-order valence-corrected chi connectivity index (χ1v) is 8.30. The molecule has 0 heterocycles. The Morgan fingerprint density at radius 1 is 1.12 bits per heavy atom. The predicted octanol–water partition coefficient (Wildman–Crippen LogP) is 2.31. The molecule has 0 aliphatic carbocycles. The minimum Gasteiger partial charge on any atom is -0.496 e. The predicted molar refractivity (Wildman–Crippen MR) is 99.8 cm³/mol. The van der Waals surface area contributed by atoms with Gasteiger partial charge in [0.05, 0.1) is 18.7 Å². The van der Waals surface area contributed by atoms with Crippen molar-refractivity contribution in [2.24, 2.45) is 0 Å². The Balaban J connectivity index is 1.96. The summed E-state index contributed by atoms with van der Waals surface area (Å²) in [4.78, 5) is 25.2. The van der Waals surface area contributed by atoms with E-state index in [0.29, 0.717) is 24.1 Å². The molecule has 1 N–H and O–H groups in total. The number of para-hydroxylation sites is 2. The second-order valence-electron chi connectivity index (χ2n) is 5.97. The van der Waals surface area contributed by atoms with Crippen LogP contribution in [0.15, 0.2) is 48.5 Å². The van der Waals surface area contributed by atoms with Gasteiger partial charge in [0.15, 0.2) is 12.9 Å². The van der Waals surface area contributed by atoms with Crippen molar-refractivity contribution in [2.45, 2.75) is 6.04 Å². The van der Waals surface area contributed by atoms with Gasteiger partial charge in [-0.15, -0.1) is 0 Å². The second-order valence-corrected chi connectivity index (χ2v) is 5.97. The Kier molecular flexibility index (Phi) is 7.17. The molecule has 0 aromatic heterocycles. The zero-order chi connectivity index (χ0) is 18.9. The molecule has 0 aliphatic heterocycles. The Hall–Kier alpha value is -2.86. The Bertz CT molecular complexity index is 746. The minimum absolute atomic E-state index is 0.0441. The molecule has 138 valence electrons. The molecule has 0 saturated heterocycles. The number of benzene rings is 2. The molecule has 1 atom stereocenters. The second kappa shape index (κ2) is 9.58. The lowest BCUT2D eigenvalue weighted by atomic mass is 10.0. The monoisotopic (exact) mass is 356 g/mol. The van der Waals surface area contributed by atoms with E-state index in [9.17, 15) is 9.59 Å². The minimum atomic E-state index is -0.257. The third kappa shape index (κ3) is 5.07. The van der Waals surface area contributed by atoms with Crippen LogP contribution in [0.4, 0.5) is 0 Å². The Morgan fingerprint density at radius 3 is 2.42 bits per heavy atom. The van der Waals surface area contributed by atoms with Crippen molar-refractivity contribution >= 4 is 12.2 Å². The molecule has 0 saturated carbocycles. The van der Waals surface area contributed by atoms with E-state index in [0.717, 1.165) is 11.3 Å². The Morgan fingerprint density at radius 2 is 1.77 bits per heavy atom. The van der Waals surface area contributed by atoms with Crippen LogP contribution in [0.3, 0.4) is 0 Å². The molecule has 6 heteroatoms. The quantitative estimate of drug-likeness (QED) is 0.699. The summed E-state index contributed by atoms with van der Waals surface area (Å²) in [5.74, 6) is 0.913. The first-order chi connectivity index (χ1) is 12.6. The molecule has 26 heavy (non-hydrogen) atoms. The Labute approximate surface area is 153 Å². The van der Waals surface area contributed by atoms with Crippen LogP contribution < -0.4 is 14.8 Å². The lowest BCUT2D eigenvalue weighted by Crippen LogP contribution is -2.37. The van der Waals surface area contributed by atoms with Gasteiger partial charge in [0.1, 0.15) is 11.5 Å². The van der Waals surface area contributed by atoms with Gasteiger partial charge >= 0.3 is 0 Å². The van der Waals surface area contributed by atoms with Crippen LogP contribution >= 0.6 is 0 Å². The summed E-state index contributed by atoms with van der Waals surface area (Å²) in [6.07, 6.45) is 0.705. The van der Waals surface area contributed by atoms with Crippen LogP contribution in [-0.2, 0) is 4.79 Å². The van der Waals surface area contributed by atoms with Crippen molar-refractivity contribution in [2.75, 3.05) is 34.4 Å². The zero-order valence-corrected chi connectivity index (χ0v) is 15.3. The molecule has 2 aromatic rings. The largest absolute Gasteiger partial charge is 0.496 e. The fourth-order valence-corrected chi connectivity index (χ4v) is 2.63. The first-order valence-electron chi connectivity index (χ1n) is 8.30. The van der Waals surface area contributed by atoms with Gasteiger partial charge in [0, 0.05) is 12.1 Å². The molecule has 0 radical (unpaired) electrons. The summed E-state index contributed by atoms with van der Waals surface area (Å²) >= 11 is 0. The van der Waals surface area contributed by atoms with Gasteiger partial charge in [-0.1, -0.05) is 30.3 Å². The van der Waals surface area contributed by atoms with Gasteiger partial charge in [-0.3, -0.25) is 9.59 Å². The highest BCUT2D eigenvalue weighted by Gasteiger charge is 2.19. The van der Waals surface area contributed by atoms with E-state index >= 15 is 0 Å². The van der Waals surface area contributed by atoms with Crippen LogP contribution in [0.2, 0.25) is 0 Å². The molecule has 2 rings (SSSR count). The number of likely N-dealkylation sites (N-methyl/N-ethyl adjacent to an activating group) is 1. The molecule has 0 fully saturated rings. The number of hydrogen-bond acceptors (Lipinski definition) is 5. The highest BCUT2D eigenvalue weighted by molar-refractivity contribution is 5.80. The molecule has 2 aromatic carbocycles. The summed E-state index contributed by atoms with van der Waals surface area (Å²) in [6, 6.07) is 14.5. The summed E-state index contributed by atoms with van der Waals surface area (Å²) in [5, 5.41) is 2.87. The third-order valence-electron chi connectivity index (χ3n) is 4.02. The van der Waals surface area contributed by atoms with Gasteiger partial charge in [0.25, 0.3) is 5.91 Å². The number of amides is 1. The summed E-state index contributed by atoms with van der Waals surface area (Å²) < 4.78 is 10.9. The van der Waals surface area contributed by atoms with E-state index in [1.54, 1.807) is 31.4 Å². The van der Waals surface area contributed by atoms with E-state index in [1.807, 2.05) is 43.3 Å². The molecule has 1 unspecified atom stereocenters. The normalized spacial score (nSPS) is 11.7. The first kappa shape index (κ1) is 19.5. The number of carbonyl (C=O) groups excluding carboxylic acids is 2. The highest BCUT2D eigenvalue weighted by atomic mass is 16.5. The van der Waals surface area contributed by atoms with Crippen LogP contribution in [0.25, 0.3) is 0 Å². The number of nitrogens with zero attached hydrogens (tertiary/aromatic N) is 1. The van der Waals surface area contributed by atoms with E-state index < -0.39 is 0 Å². The number of ether oxygens (including phenoxy) is 2. The molecule has 0 aliphatic rings. The van der Waals surface area contributed by atoms with E-state index in [2.05, 4.69) is 5.32 Å². The van der Waals surface area contributed by atoms with Gasteiger partial charge < -0.3 is 19.7 Å². The van der Waals surface area contributed by atoms with Crippen LogP contribution in [0.5, 0.6) is 11.5 Å². The summed E-state index contributed by atoms with van der Waals surface area (Å²) in [6.45, 7) is 0.252. The number of carbonyl (C=O) groups is 2. The SMILES string of the molecule is COc1ccccc1C(CNC(=O)COc1ccccc1C=O)N(C)C. The molecular weight excluding hydrogens is 332 g/mol. The smallest absolute Gasteiger partial charge is 0.258 e. The van der Waals surface area contributed by atoms with Crippen molar-refractivity contribution in [3.05, 3.63) is 59.7 Å². The number of methoxy groups -OCH3 is 1. The van der Waals surface area contributed by atoms with Gasteiger partial charge in [-0.05, 0) is 32.3 Å². The van der Waals surface area contributed by atoms with E-state index in [1.165, 1.54) is 0 Å². The topological polar surface area (TPSA) is 67.9 Å². The fraction of sp³-hybridized carbons (Fsp3) is 0.300. The number of nitrogens with one attached hydrogen (secondary N) is 1. The van der Waals surface area contributed by atoms with Crippen molar-refractivity contribution in [3.63, 3.8) is 0 Å². The molecule has 0 bridgehead atoms. The fourth-order valence-electron chi connectivity index (χ4n) is 2.63. The van der Waals surface area contributed by atoms with Gasteiger partial charge in [0.2, 0.25) is 0 Å². The van der Waals surface area contributed by atoms with Crippen LogP contribution in [-0.4, -0.2) is 51.5 Å². The number of rotatable bonds is 9. The standard InChI is InChI=1S/C20H24N2O4/c1-22(2)17(16-9-5-7-11-19(16)25-3)12-21-20(24)14-26-18-10-6-4-8-15(18)13-23/h4-11,13,17H,12,14H2,1-3H3,(H,21,24). The molecule has 1 amide bonds. The van der Waals surface area contributed by atoms with Crippen LogP contribution in [0.1, 0.15) is 22.0 Å². The summed E-state index contributed by atoms with van der Waals surface area (Å²) in [5.41, 5.74) is 1.41. The van der Waals surface area contributed by atoms with Crippen molar-refractivity contribution in [1.29, 1.82) is 0 Å². The molecule has 0 spiro atoms. The average molecular weight is 356 g/mol.